The summed E-state index contributed by atoms with van der Waals surface area (Å²) in [4.78, 5) is 27.5. The number of carboxylic acids is 1. The lowest BCUT2D eigenvalue weighted by Gasteiger charge is -2.24. The number of hydrogen-bond donors (Lipinski definition) is 3. The molecule has 7 nitrogen and oxygen atoms in total. The highest BCUT2D eigenvalue weighted by Crippen LogP contribution is 2.15. The minimum Gasteiger partial charge on any atom is -0.478 e. The van der Waals surface area contributed by atoms with Crippen molar-refractivity contribution in [1.29, 1.82) is 0 Å². The zero-order valence-corrected chi connectivity index (χ0v) is 21.1. The molecule has 0 fully saturated rings. The molecule has 1 aliphatic rings. The quantitative estimate of drug-likeness (QED) is 0.452. The number of hydrogen-bond acceptors (Lipinski definition) is 5. The van der Waals surface area contributed by atoms with Gasteiger partial charge in [-0.3, -0.25) is 4.79 Å². The summed E-state index contributed by atoms with van der Waals surface area (Å²) < 4.78 is 0. The zero-order chi connectivity index (χ0) is 25.8. The molecule has 35 heavy (non-hydrogen) atoms. The maximum absolute atomic E-state index is 12.8. The normalized spacial score (nSPS) is 13.7. The number of aliphatic hydroxyl groups is 1. The van der Waals surface area contributed by atoms with Gasteiger partial charge in [-0.1, -0.05) is 56.3 Å². The summed E-state index contributed by atoms with van der Waals surface area (Å²) in [6.45, 7) is 5.87. The van der Waals surface area contributed by atoms with Gasteiger partial charge in [-0.05, 0) is 47.9 Å². The minimum absolute atomic E-state index is 0.120. The molecule has 0 bridgehead atoms. The van der Waals surface area contributed by atoms with Crippen molar-refractivity contribution < 1.29 is 19.8 Å². The molecule has 1 aliphatic heterocycles. The molecule has 3 rings (SSSR count). The molecule has 0 radical (unpaired) electrons. The predicted octanol–water partition coefficient (Wildman–Crippen LogP) is 3.49. The third-order valence-electron chi connectivity index (χ3n) is 5.52. The Morgan fingerprint density at radius 3 is 2.37 bits per heavy atom. The number of nitrogens with zero attached hydrogens (tertiary/aromatic N) is 2. The van der Waals surface area contributed by atoms with Crippen molar-refractivity contribution >= 4 is 11.9 Å². The Balaban J connectivity index is 0.00000210. The highest BCUT2D eigenvalue weighted by Gasteiger charge is 2.18. The molecule has 188 valence electrons. The van der Waals surface area contributed by atoms with E-state index in [0.717, 1.165) is 29.7 Å². The monoisotopic (exact) mass is 479 g/mol. The van der Waals surface area contributed by atoms with Crippen LogP contribution >= 0.6 is 0 Å². The Bertz CT molecular complexity index is 1020. The predicted molar refractivity (Wildman–Crippen MR) is 139 cm³/mol. The number of carboxylic acid groups (broad SMARTS) is 1. The van der Waals surface area contributed by atoms with Gasteiger partial charge in [-0.15, -0.1) is 0 Å². The number of amides is 1. The van der Waals surface area contributed by atoms with Gasteiger partial charge in [-0.25, -0.2) is 4.79 Å². The molecule has 0 saturated carbocycles. The molecule has 1 heterocycles. The van der Waals surface area contributed by atoms with Crippen LogP contribution in [0.5, 0.6) is 0 Å². The zero-order valence-electron chi connectivity index (χ0n) is 21.1. The van der Waals surface area contributed by atoms with Crippen LogP contribution < -0.4 is 5.32 Å². The van der Waals surface area contributed by atoms with Gasteiger partial charge < -0.3 is 25.3 Å². The second-order valence-electron chi connectivity index (χ2n) is 8.33. The minimum atomic E-state index is -0.943. The number of carbonyl (C=O) groups is 2. The number of rotatable bonds is 10. The van der Waals surface area contributed by atoms with Gasteiger partial charge in [0, 0.05) is 45.5 Å². The Kier molecular flexibility index (Phi) is 11.2. The lowest BCUT2D eigenvalue weighted by molar-refractivity contribution is -0.132. The van der Waals surface area contributed by atoms with E-state index < -0.39 is 12.1 Å². The van der Waals surface area contributed by atoms with Crippen molar-refractivity contribution in [2.75, 3.05) is 40.3 Å². The van der Waals surface area contributed by atoms with E-state index in [1.165, 1.54) is 0 Å². The average molecular weight is 480 g/mol. The lowest BCUT2D eigenvalue weighted by Crippen LogP contribution is -2.31. The summed E-state index contributed by atoms with van der Waals surface area (Å²) in [6.07, 6.45) is 3.74. The van der Waals surface area contributed by atoms with E-state index in [-0.39, 0.29) is 5.91 Å². The fraction of sp³-hybridized carbons (Fsp3) is 0.357. The second-order valence-corrected chi connectivity index (χ2v) is 8.33. The van der Waals surface area contributed by atoms with Crippen LogP contribution in [0.25, 0.3) is 0 Å². The highest BCUT2D eigenvalue weighted by atomic mass is 16.4. The van der Waals surface area contributed by atoms with Crippen molar-refractivity contribution in [2.24, 2.45) is 0 Å². The van der Waals surface area contributed by atoms with E-state index in [2.05, 4.69) is 5.32 Å². The smallest absolute Gasteiger partial charge is 0.333 e. The van der Waals surface area contributed by atoms with E-state index in [9.17, 15) is 19.8 Å². The number of nitrogens with one attached hydrogen (secondary N) is 1. The van der Waals surface area contributed by atoms with Crippen molar-refractivity contribution in [3.63, 3.8) is 0 Å². The third-order valence-corrected chi connectivity index (χ3v) is 5.52. The standard InChI is InChI=1S/C26H31N3O4.C2H6/c1-28-16-20(14-23(18-28)26(32)33)17-29(2)25(31)22-10-8-19(9-11-22)12-13-27-15-24(30)21-6-4-3-5-7-21;1-2/h3-11,14,16,24,27,30H,12-13,15,17-18H2,1-2H3,(H,32,33);1-2H3. The molecule has 1 atom stereocenters. The molecule has 3 N–H and O–H groups in total. The Labute approximate surface area is 208 Å². The van der Waals surface area contributed by atoms with Gasteiger partial charge in [0.05, 0.1) is 11.7 Å². The van der Waals surface area contributed by atoms with Crippen LogP contribution in [0.2, 0.25) is 0 Å². The van der Waals surface area contributed by atoms with Crippen LogP contribution in [0, 0.1) is 0 Å². The topological polar surface area (TPSA) is 93.1 Å². The molecule has 7 heteroatoms. The number of aliphatic hydroxyl groups excluding tert-OH is 1. The molecule has 1 amide bonds. The fourth-order valence-electron chi connectivity index (χ4n) is 3.76. The van der Waals surface area contributed by atoms with Gasteiger partial charge in [0.25, 0.3) is 5.91 Å². The number of aliphatic carboxylic acids is 1. The Morgan fingerprint density at radius 1 is 1.09 bits per heavy atom. The molecular formula is C28H37N3O4. The van der Waals surface area contributed by atoms with Gasteiger partial charge in [-0.2, -0.15) is 0 Å². The molecular weight excluding hydrogens is 442 g/mol. The van der Waals surface area contributed by atoms with Crippen LogP contribution in [0.4, 0.5) is 0 Å². The van der Waals surface area contributed by atoms with Crippen LogP contribution in [0.15, 0.2) is 78.0 Å². The van der Waals surface area contributed by atoms with Crippen molar-refractivity contribution in [3.05, 3.63) is 94.7 Å². The van der Waals surface area contributed by atoms with Crippen LogP contribution in [0.1, 0.15) is 41.4 Å². The van der Waals surface area contributed by atoms with Gasteiger partial charge >= 0.3 is 5.97 Å². The maximum atomic E-state index is 12.8. The van der Waals surface area contributed by atoms with Gasteiger partial charge in [0.2, 0.25) is 0 Å². The van der Waals surface area contributed by atoms with E-state index in [1.54, 1.807) is 22.9 Å². The Morgan fingerprint density at radius 2 is 1.74 bits per heavy atom. The summed E-state index contributed by atoms with van der Waals surface area (Å²) in [5.74, 6) is -1.06. The first-order valence-electron chi connectivity index (χ1n) is 12.0. The van der Waals surface area contributed by atoms with E-state index in [0.29, 0.717) is 30.8 Å². The largest absolute Gasteiger partial charge is 0.478 e. The average Bonchev–Trinajstić information content (AvgIpc) is 2.87. The fourth-order valence-corrected chi connectivity index (χ4v) is 3.76. The molecule has 1 unspecified atom stereocenters. The Hall–Kier alpha value is -3.42. The molecule has 0 saturated heterocycles. The first kappa shape index (κ1) is 27.8. The van der Waals surface area contributed by atoms with E-state index >= 15 is 0 Å². The number of benzene rings is 2. The number of carbonyl (C=O) groups excluding carboxylic acids is 1. The highest BCUT2D eigenvalue weighted by molar-refractivity contribution is 5.94. The SMILES string of the molecule is CC.CN1C=C(CN(C)C(=O)c2ccc(CCNCC(O)c3ccccc3)cc2)C=C(C(=O)O)C1. The molecule has 0 aromatic heterocycles. The molecule has 2 aromatic rings. The molecule has 2 aromatic carbocycles. The first-order chi connectivity index (χ1) is 16.8. The maximum Gasteiger partial charge on any atom is 0.333 e. The third kappa shape index (κ3) is 8.70. The van der Waals surface area contributed by atoms with Crippen LogP contribution in [-0.4, -0.2) is 72.2 Å². The van der Waals surface area contributed by atoms with E-state index in [4.69, 9.17) is 0 Å². The summed E-state index contributed by atoms with van der Waals surface area (Å²) in [5.41, 5.74) is 3.66. The lowest BCUT2D eigenvalue weighted by atomic mass is 10.1. The van der Waals surface area contributed by atoms with Gasteiger partial charge in [0.1, 0.15) is 0 Å². The first-order valence-corrected chi connectivity index (χ1v) is 12.0. The molecule has 0 spiro atoms. The second kappa shape index (κ2) is 14.1. The van der Waals surface area contributed by atoms with Crippen molar-refractivity contribution in [3.8, 4) is 0 Å². The summed E-state index contributed by atoms with van der Waals surface area (Å²) >= 11 is 0. The summed E-state index contributed by atoms with van der Waals surface area (Å²) in [6, 6.07) is 17.1. The van der Waals surface area contributed by atoms with Gasteiger partial charge in [0.15, 0.2) is 0 Å². The van der Waals surface area contributed by atoms with Crippen LogP contribution in [-0.2, 0) is 11.2 Å². The summed E-state index contributed by atoms with van der Waals surface area (Å²) in [5, 5.41) is 22.7. The van der Waals surface area contributed by atoms with Crippen molar-refractivity contribution in [2.45, 2.75) is 26.4 Å². The van der Waals surface area contributed by atoms with Crippen LogP contribution in [0.3, 0.4) is 0 Å². The molecule has 0 aliphatic carbocycles. The number of likely N-dealkylation sites (N-methyl/N-ethyl adjacent to an activating group) is 2. The summed E-state index contributed by atoms with van der Waals surface area (Å²) in [7, 11) is 3.52. The van der Waals surface area contributed by atoms with E-state index in [1.807, 2.05) is 81.7 Å². The van der Waals surface area contributed by atoms with Crippen molar-refractivity contribution in [1.82, 2.24) is 15.1 Å².